The number of benzene rings is 1. The molecule has 1 unspecified atom stereocenters. The molecule has 1 aliphatic rings. The van der Waals surface area contributed by atoms with E-state index in [1.165, 1.54) is 13.0 Å². The first-order valence-electron chi connectivity index (χ1n) is 12.6. The molecule has 202 valence electrons. The maximum atomic E-state index is 14.8. The highest BCUT2D eigenvalue weighted by molar-refractivity contribution is 5.90. The third kappa shape index (κ3) is 4.72. The molecule has 0 saturated carbocycles. The van der Waals surface area contributed by atoms with Gasteiger partial charge in [0.25, 0.3) is 0 Å². The van der Waals surface area contributed by atoms with Crippen molar-refractivity contribution >= 4 is 34.3 Å². The summed E-state index contributed by atoms with van der Waals surface area (Å²) >= 11 is 0. The van der Waals surface area contributed by atoms with Gasteiger partial charge in [0, 0.05) is 45.3 Å². The number of hydrogen-bond donors (Lipinski definition) is 2. The molecule has 39 heavy (non-hydrogen) atoms. The number of carboxylic acid groups (broad SMARTS) is 1. The Morgan fingerprint density at radius 2 is 2.03 bits per heavy atom. The molecule has 13 heteroatoms. The number of halogens is 1. The van der Waals surface area contributed by atoms with Crippen LogP contribution in [0.3, 0.4) is 0 Å². The van der Waals surface area contributed by atoms with Crippen molar-refractivity contribution < 1.29 is 23.4 Å². The van der Waals surface area contributed by atoms with Gasteiger partial charge in [0.15, 0.2) is 17.5 Å². The van der Waals surface area contributed by atoms with Gasteiger partial charge in [0.1, 0.15) is 28.3 Å². The van der Waals surface area contributed by atoms with Gasteiger partial charge < -0.3 is 29.5 Å². The van der Waals surface area contributed by atoms with Gasteiger partial charge in [0.05, 0.1) is 18.3 Å². The van der Waals surface area contributed by atoms with Crippen LogP contribution in [0.25, 0.3) is 28.1 Å². The van der Waals surface area contributed by atoms with Crippen molar-refractivity contribution in [3.8, 4) is 17.2 Å². The highest BCUT2D eigenvalue weighted by atomic mass is 19.1. The average Bonchev–Trinajstić information content (AvgIpc) is 3.68. The number of aliphatic carboxylic acids is 1. The van der Waals surface area contributed by atoms with Crippen molar-refractivity contribution in [3.63, 3.8) is 0 Å². The first-order valence-corrected chi connectivity index (χ1v) is 12.6. The molecule has 1 fully saturated rings. The fraction of sp³-hybridized carbons (Fsp3) is 0.308. The van der Waals surface area contributed by atoms with Crippen molar-refractivity contribution in [2.75, 3.05) is 43.4 Å². The molecule has 6 rings (SSSR count). The van der Waals surface area contributed by atoms with Gasteiger partial charge in [0.2, 0.25) is 5.95 Å². The van der Waals surface area contributed by atoms with E-state index in [9.17, 15) is 9.18 Å². The number of ether oxygens (including phenoxy) is 1. The zero-order chi connectivity index (χ0) is 27.1. The fourth-order valence-electron chi connectivity index (χ4n) is 4.80. The zero-order valence-corrected chi connectivity index (χ0v) is 21.2. The highest BCUT2D eigenvalue weighted by Crippen LogP contribution is 2.27. The maximum absolute atomic E-state index is 14.8. The number of imidazole rings is 1. The maximum Gasteiger partial charge on any atom is 0.344 e. The SMILES string of the molecule is CC(Oc1ccc(N2CCN(CCn3cnc4c3nc(N)n3nc(-c5ccco5)cc43)CC2)c(F)c1)C(=O)O. The van der Waals surface area contributed by atoms with Gasteiger partial charge in [-0.05, 0) is 37.3 Å². The molecule has 0 bridgehead atoms. The lowest BCUT2D eigenvalue weighted by Crippen LogP contribution is -2.47. The average molecular weight is 535 g/mol. The molecule has 1 aromatic carbocycles. The van der Waals surface area contributed by atoms with E-state index < -0.39 is 17.9 Å². The van der Waals surface area contributed by atoms with Crippen LogP contribution in [0.4, 0.5) is 16.0 Å². The van der Waals surface area contributed by atoms with Crippen LogP contribution in [0.2, 0.25) is 0 Å². The predicted molar refractivity (Wildman–Crippen MR) is 141 cm³/mol. The molecule has 0 aliphatic carbocycles. The Morgan fingerprint density at radius 3 is 2.74 bits per heavy atom. The van der Waals surface area contributed by atoms with E-state index in [-0.39, 0.29) is 11.7 Å². The molecule has 4 aromatic heterocycles. The van der Waals surface area contributed by atoms with Gasteiger partial charge in [-0.1, -0.05) is 0 Å². The van der Waals surface area contributed by atoms with Crippen molar-refractivity contribution in [3.05, 3.63) is 54.8 Å². The standard InChI is InChI=1S/C26H27FN8O4/c1-16(25(36)37)39-17-4-5-20(18(27)13-17)33-9-6-32(7-10-33)8-11-34-15-29-23-21-14-19(22-3-2-12-38-22)31-35(21)26(28)30-24(23)34/h2-5,12-16H,6-11H2,1H3,(H2,28,30)(H,36,37). The number of hydrogen-bond acceptors (Lipinski definition) is 9. The number of nitrogens with zero attached hydrogens (tertiary/aromatic N) is 7. The van der Waals surface area contributed by atoms with Crippen LogP contribution in [0.1, 0.15) is 6.92 Å². The third-order valence-electron chi connectivity index (χ3n) is 6.92. The summed E-state index contributed by atoms with van der Waals surface area (Å²) in [5.41, 5.74) is 9.50. The molecule has 0 radical (unpaired) electrons. The monoisotopic (exact) mass is 534 g/mol. The number of fused-ring (bicyclic) bond motifs is 3. The van der Waals surface area contributed by atoms with Crippen LogP contribution >= 0.6 is 0 Å². The van der Waals surface area contributed by atoms with E-state index >= 15 is 0 Å². The minimum Gasteiger partial charge on any atom is -0.479 e. The minimum atomic E-state index is -1.10. The van der Waals surface area contributed by atoms with Gasteiger partial charge in [-0.15, -0.1) is 0 Å². The Bertz CT molecular complexity index is 1640. The number of nitrogens with two attached hydrogens (primary N) is 1. The molecular weight excluding hydrogens is 507 g/mol. The first-order chi connectivity index (χ1) is 18.9. The summed E-state index contributed by atoms with van der Waals surface area (Å²) in [5, 5.41) is 13.5. The summed E-state index contributed by atoms with van der Waals surface area (Å²) in [6.45, 7) is 5.67. The Morgan fingerprint density at radius 1 is 1.21 bits per heavy atom. The van der Waals surface area contributed by atoms with Crippen molar-refractivity contribution in [2.45, 2.75) is 19.6 Å². The van der Waals surface area contributed by atoms with E-state index in [0.717, 1.165) is 25.2 Å². The highest BCUT2D eigenvalue weighted by Gasteiger charge is 2.22. The number of aromatic nitrogens is 5. The molecule has 1 aliphatic heterocycles. The normalized spacial score (nSPS) is 15.3. The van der Waals surface area contributed by atoms with Gasteiger partial charge in [-0.2, -0.15) is 14.6 Å². The van der Waals surface area contributed by atoms with Crippen LogP contribution in [-0.4, -0.2) is 79.0 Å². The first kappa shape index (κ1) is 24.7. The molecule has 0 spiro atoms. The molecule has 0 amide bonds. The van der Waals surface area contributed by atoms with Crippen LogP contribution in [-0.2, 0) is 11.3 Å². The summed E-state index contributed by atoms with van der Waals surface area (Å²) in [7, 11) is 0. The Kier molecular flexibility index (Phi) is 6.27. The number of rotatable bonds is 8. The molecule has 3 N–H and O–H groups in total. The van der Waals surface area contributed by atoms with Crippen molar-refractivity contribution in [1.82, 2.24) is 29.0 Å². The second-order valence-corrected chi connectivity index (χ2v) is 9.42. The van der Waals surface area contributed by atoms with E-state index in [4.69, 9.17) is 20.0 Å². The lowest BCUT2D eigenvalue weighted by Gasteiger charge is -2.36. The largest absolute Gasteiger partial charge is 0.479 e. The number of anilines is 2. The third-order valence-corrected chi connectivity index (χ3v) is 6.92. The topological polar surface area (TPSA) is 140 Å². The van der Waals surface area contributed by atoms with Crippen LogP contribution in [0.15, 0.2) is 53.4 Å². The fourth-order valence-corrected chi connectivity index (χ4v) is 4.80. The van der Waals surface area contributed by atoms with E-state index in [2.05, 4.69) is 20.0 Å². The van der Waals surface area contributed by atoms with Gasteiger partial charge >= 0.3 is 5.97 Å². The minimum absolute atomic E-state index is 0.192. The molecule has 12 nitrogen and oxygen atoms in total. The van der Waals surface area contributed by atoms with E-state index in [0.29, 0.717) is 47.9 Å². The molecule has 5 aromatic rings. The van der Waals surface area contributed by atoms with Crippen LogP contribution < -0.4 is 15.4 Å². The number of nitrogen functional groups attached to an aromatic ring is 1. The number of carboxylic acids is 1. The Hall–Kier alpha value is -4.65. The van der Waals surface area contributed by atoms with Crippen molar-refractivity contribution in [2.24, 2.45) is 0 Å². The Balaban J connectivity index is 1.10. The molecule has 1 saturated heterocycles. The summed E-state index contributed by atoms with van der Waals surface area (Å²) < 4.78 is 29.1. The van der Waals surface area contributed by atoms with E-state index in [1.54, 1.807) is 35.3 Å². The number of carbonyl (C=O) groups is 1. The molecular formula is C26H27FN8O4. The summed E-state index contributed by atoms with van der Waals surface area (Å²) in [5.74, 6) is -0.443. The van der Waals surface area contributed by atoms with Crippen molar-refractivity contribution in [1.29, 1.82) is 0 Å². The van der Waals surface area contributed by atoms with Gasteiger partial charge in [-0.3, -0.25) is 4.90 Å². The molecule has 5 heterocycles. The zero-order valence-electron chi connectivity index (χ0n) is 21.2. The van der Waals surface area contributed by atoms with Crippen LogP contribution in [0.5, 0.6) is 5.75 Å². The summed E-state index contributed by atoms with van der Waals surface area (Å²) in [4.78, 5) is 24.4. The predicted octanol–water partition coefficient (Wildman–Crippen LogP) is 2.73. The number of furan rings is 1. The van der Waals surface area contributed by atoms with Crippen LogP contribution in [0, 0.1) is 5.82 Å². The van der Waals surface area contributed by atoms with E-state index in [1.807, 2.05) is 21.6 Å². The second-order valence-electron chi connectivity index (χ2n) is 9.42. The second kappa shape index (κ2) is 9.91. The lowest BCUT2D eigenvalue weighted by atomic mass is 10.2. The van der Waals surface area contributed by atoms with Gasteiger partial charge in [-0.25, -0.2) is 14.2 Å². The smallest absolute Gasteiger partial charge is 0.344 e. The quantitative estimate of drug-likeness (QED) is 0.305. The molecule has 1 atom stereocenters. The number of piperazine rings is 1. The summed E-state index contributed by atoms with van der Waals surface area (Å²) in [6.07, 6.45) is 2.30. The Labute approximate surface area is 222 Å². The summed E-state index contributed by atoms with van der Waals surface area (Å²) in [6, 6.07) is 10.00. The lowest BCUT2D eigenvalue weighted by molar-refractivity contribution is -0.144.